The lowest BCUT2D eigenvalue weighted by Gasteiger charge is -2.06. The third-order valence-electron chi connectivity index (χ3n) is 2.37. The topological polar surface area (TPSA) is 26.0 Å². The van der Waals surface area contributed by atoms with Gasteiger partial charge in [0.05, 0.1) is 4.90 Å². The van der Waals surface area contributed by atoms with Crippen molar-refractivity contribution in [1.82, 2.24) is 0 Å². The van der Waals surface area contributed by atoms with Crippen LogP contribution in [0.3, 0.4) is 0 Å². The van der Waals surface area contributed by atoms with E-state index in [0.717, 1.165) is 40.4 Å². The van der Waals surface area contributed by atoms with Crippen molar-refractivity contribution < 1.29 is 8.78 Å². The van der Waals surface area contributed by atoms with Gasteiger partial charge in [0.25, 0.3) is 0 Å². The number of halogens is 3. The van der Waals surface area contributed by atoms with Gasteiger partial charge in [-0.2, -0.15) is 0 Å². The van der Waals surface area contributed by atoms with E-state index >= 15 is 0 Å². The fourth-order valence-electron chi connectivity index (χ4n) is 1.44. The number of hydrogen-bond donors (Lipinski definition) is 1. The van der Waals surface area contributed by atoms with Gasteiger partial charge in [-0.1, -0.05) is 29.4 Å². The Balaban J connectivity index is 2.28. The van der Waals surface area contributed by atoms with E-state index in [4.69, 9.17) is 17.3 Å². The summed E-state index contributed by atoms with van der Waals surface area (Å²) < 4.78 is 26.5. The number of hydrogen-bond acceptors (Lipinski definition) is 2. The molecular formula is C13H10ClF2NS. The minimum Gasteiger partial charge on any atom is -0.326 e. The van der Waals surface area contributed by atoms with E-state index in [0.29, 0.717) is 11.6 Å². The minimum absolute atomic E-state index is 0.228. The Morgan fingerprint density at radius 2 is 1.89 bits per heavy atom. The molecule has 0 radical (unpaired) electrons. The largest absolute Gasteiger partial charge is 0.326 e. The molecule has 1 nitrogen and oxygen atoms in total. The molecule has 0 aromatic heterocycles. The zero-order valence-electron chi connectivity index (χ0n) is 9.29. The first-order valence-electron chi connectivity index (χ1n) is 5.21. The molecule has 0 fully saturated rings. The summed E-state index contributed by atoms with van der Waals surface area (Å²) in [6.07, 6.45) is 0. The molecular weight excluding hydrogens is 276 g/mol. The molecule has 0 saturated carbocycles. The molecule has 0 aliphatic rings. The van der Waals surface area contributed by atoms with Crippen molar-refractivity contribution in [3.05, 3.63) is 58.6 Å². The first-order valence-corrected chi connectivity index (χ1v) is 6.41. The van der Waals surface area contributed by atoms with Gasteiger partial charge in [-0.3, -0.25) is 0 Å². The van der Waals surface area contributed by atoms with Crippen molar-refractivity contribution in [2.24, 2.45) is 5.73 Å². The maximum absolute atomic E-state index is 13.5. The second-order valence-electron chi connectivity index (χ2n) is 3.63. The third kappa shape index (κ3) is 3.02. The minimum atomic E-state index is -0.469. The Bertz CT molecular complexity index is 575. The van der Waals surface area contributed by atoms with E-state index < -0.39 is 11.6 Å². The van der Waals surface area contributed by atoms with Gasteiger partial charge < -0.3 is 5.73 Å². The Morgan fingerprint density at radius 3 is 2.56 bits per heavy atom. The average molecular weight is 286 g/mol. The Kier molecular flexibility index (Phi) is 4.22. The molecule has 0 atom stereocenters. The van der Waals surface area contributed by atoms with Crippen molar-refractivity contribution in [2.75, 3.05) is 0 Å². The molecule has 5 heteroatoms. The van der Waals surface area contributed by atoms with Crippen LogP contribution in [0.5, 0.6) is 0 Å². The summed E-state index contributed by atoms with van der Waals surface area (Å²) in [5.41, 5.74) is 6.32. The number of benzene rings is 2. The monoisotopic (exact) mass is 285 g/mol. The molecule has 0 saturated heterocycles. The zero-order valence-corrected chi connectivity index (χ0v) is 10.9. The van der Waals surface area contributed by atoms with Gasteiger partial charge in [0, 0.05) is 16.5 Å². The van der Waals surface area contributed by atoms with Crippen LogP contribution in [0.1, 0.15) is 5.56 Å². The lowest BCUT2D eigenvalue weighted by atomic mass is 10.2. The molecule has 18 heavy (non-hydrogen) atoms. The molecule has 0 spiro atoms. The lowest BCUT2D eigenvalue weighted by Crippen LogP contribution is -1.96. The van der Waals surface area contributed by atoms with Crippen LogP contribution in [0.15, 0.2) is 46.2 Å². The predicted octanol–water partition coefficient (Wildman–Crippen LogP) is 4.23. The maximum atomic E-state index is 13.5. The lowest BCUT2D eigenvalue weighted by molar-refractivity contribution is 0.577. The van der Waals surface area contributed by atoms with Gasteiger partial charge >= 0.3 is 0 Å². The van der Waals surface area contributed by atoms with Gasteiger partial charge in [0.1, 0.15) is 11.6 Å². The highest BCUT2D eigenvalue weighted by molar-refractivity contribution is 7.99. The van der Waals surface area contributed by atoms with Gasteiger partial charge in [-0.25, -0.2) is 8.78 Å². The molecule has 0 amide bonds. The Hall–Kier alpha value is -1.10. The normalized spacial score (nSPS) is 10.7. The quantitative estimate of drug-likeness (QED) is 0.913. The fraction of sp³-hybridized carbons (Fsp3) is 0.0769. The molecule has 0 heterocycles. The van der Waals surface area contributed by atoms with Crippen LogP contribution in [-0.2, 0) is 6.54 Å². The second kappa shape index (κ2) is 5.69. The van der Waals surface area contributed by atoms with E-state index in [9.17, 15) is 8.78 Å². The molecule has 2 aromatic rings. The van der Waals surface area contributed by atoms with Crippen LogP contribution in [-0.4, -0.2) is 0 Å². The van der Waals surface area contributed by atoms with E-state index in [1.165, 1.54) is 0 Å². The molecule has 2 rings (SSSR count). The molecule has 94 valence electrons. The Labute approximate surface area is 113 Å². The van der Waals surface area contributed by atoms with Crippen LogP contribution >= 0.6 is 23.4 Å². The zero-order chi connectivity index (χ0) is 13.1. The maximum Gasteiger partial charge on any atom is 0.137 e. The highest BCUT2D eigenvalue weighted by Gasteiger charge is 2.07. The molecule has 0 bridgehead atoms. The Morgan fingerprint density at radius 1 is 1.11 bits per heavy atom. The number of rotatable bonds is 3. The van der Waals surface area contributed by atoms with Crippen molar-refractivity contribution in [2.45, 2.75) is 16.3 Å². The SMILES string of the molecule is NCc1ccc(Sc2cc(F)ccc2F)cc1Cl. The van der Waals surface area contributed by atoms with Crippen molar-refractivity contribution >= 4 is 23.4 Å². The highest BCUT2D eigenvalue weighted by atomic mass is 35.5. The van der Waals surface area contributed by atoms with E-state index in [1.54, 1.807) is 18.2 Å². The molecule has 0 aliphatic heterocycles. The van der Waals surface area contributed by atoms with Crippen molar-refractivity contribution in [3.8, 4) is 0 Å². The van der Waals surface area contributed by atoms with Gasteiger partial charge in [0.15, 0.2) is 0 Å². The summed E-state index contributed by atoms with van der Waals surface area (Å²) in [6, 6.07) is 8.60. The highest BCUT2D eigenvalue weighted by Crippen LogP contribution is 2.32. The number of nitrogens with two attached hydrogens (primary N) is 1. The smallest absolute Gasteiger partial charge is 0.137 e. The van der Waals surface area contributed by atoms with Crippen LogP contribution in [0, 0.1) is 11.6 Å². The van der Waals surface area contributed by atoms with E-state index in [1.807, 2.05) is 0 Å². The second-order valence-corrected chi connectivity index (χ2v) is 5.16. The van der Waals surface area contributed by atoms with Crippen LogP contribution in [0.4, 0.5) is 8.78 Å². The molecule has 2 N–H and O–H groups in total. The molecule has 2 aromatic carbocycles. The summed E-state index contributed by atoms with van der Waals surface area (Å²) in [7, 11) is 0. The van der Waals surface area contributed by atoms with Crippen LogP contribution in [0.25, 0.3) is 0 Å². The van der Waals surface area contributed by atoms with Gasteiger partial charge in [0.2, 0.25) is 0 Å². The standard InChI is InChI=1S/C13H10ClF2NS/c14-11-6-10(3-1-8(11)7-17)18-13-5-9(15)2-4-12(13)16/h1-6H,7,17H2. The van der Waals surface area contributed by atoms with Gasteiger partial charge in [-0.05, 0) is 35.9 Å². The van der Waals surface area contributed by atoms with Crippen molar-refractivity contribution in [1.29, 1.82) is 0 Å². The third-order valence-corrected chi connectivity index (χ3v) is 3.74. The summed E-state index contributed by atoms with van der Waals surface area (Å²) in [4.78, 5) is 0.966. The fourth-order valence-corrected chi connectivity index (χ4v) is 2.67. The summed E-state index contributed by atoms with van der Waals surface area (Å²) in [6.45, 7) is 0.345. The van der Waals surface area contributed by atoms with Gasteiger partial charge in [-0.15, -0.1) is 0 Å². The van der Waals surface area contributed by atoms with E-state index in [-0.39, 0.29) is 4.90 Å². The molecule has 0 unspecified atom stereocenters. The van der Waals surface area contributed by atoms with E-state index in [2.05, 4.69) is 0 Å². The first kappa shape index (κ1) is 13.3. The molecule has 0 aliphatic carbocycles. The average Bonchev–Trinajstić information content (AvgIpc) is 2.34. The summed E-state index contributed by atoms with van der Waals surface area (Å²) >= 11 is 7.13. The van der Waals surface area contributed by atoms with Crippen molar-refractivity contribution in [3.63, 3.8) is 0 Å². The predicted molar refractivity (Wildman–Crippen MR) is 69.8 cm³/mol. The summed E-state index contributed by atoms with van der Waals surface area (Å²) in [5.74, 6) is -0.927. The van der Waals surface area contributed by atoms with Crippen LogP contribution in [0.2, 0.25) is 5.02 Å². The first-order chi connectivity index (χ1) is 8.60. The van der Waals surface area contributed by atoms with Crippen LogP contribution < -0.4 is 5.73 Å². The summed E-state index contributed by atoms with van der Waals surface area (Å²) in [5, 5.41) is 0.527.